The van der Waals surface area contributed by atoms with Gasteiger partial charge in [-0.25, -0.2) is 4.79 Å². The van der Waals surface area contributed by atoms with Crippen LogP contribution in [0.25, 0.3) is 0 Å². The normalized spacial score (nSPS) is 9.78. The summed E-state index contributed by atoms with van der Waals surface area (Å²) in [6, 6.07) is 8.66. The number of carboxylic acid groups (broad SMARTS) is 1. The number of nitriles is 2. The fourth-order valence-electron chi connectivity index (χ4n) is 1.42. The average molecular weight is 308 g/mol. The van der Waals surface area contributed by atoms with Crippen LogP contribution in [0, 0.1) is 22.7 Å². The van der Waals surface area contributed by atoms with Gasteiger partial charge in [0.05, 0.1) is 30.8 Å². The molecular weight excluding hydrogens is 298 g/mol. The Labute approximate surface area is 113 Å². The van der Waals surface area contributed by atoms with E-state index in [0.717, 1.165) is 5.56 Å². The van der Waals surface area contributed by atoms with Crippen LogP contribution in [-0.2, 0) is 6.54 Å². The van der Waals surface area contributed by atoms with Crippen LogP contribution in [0.1, 0.15) is 15.9 Å². The van der Waals surface area contributed by atoms with Crippen molar-refractivity contribution >= 4 is 21.9 Å². The van der Waals surface area contributed by atoms with Gasteiger partial charge in [-0.2, -0.15) is 10.5 Å². The molecule has 0 saturated carbocycles. The lowest BCUT2D eigenvalue weighted by Gasteiger charge is -2.16. The molecule has 1 aromatic carbocycles. The molecule has 92 valence electrons. The van der Waals surface area contributed by atoms with Crippen LogP contribution in [0.4, 0.5) is 0 Å². The van der Waals surface area contributed by atoms with Gasteiger partial charge in [-0.1, -0.05) is 22.0 Å². The first-order valence-corrected chi connectivity index (χ1v) is 5.85. The Kier molecular flexibility index (Phi) is 5.31. The Morgan fingerprint density at radius 2 is 1.94 bits per heavy atom. The number of rotatable bonds is 5. The van der Waals surface area contributed by atoms with Crippen molar-refractivity contribution in [2.75, 3.05) is 13.1 Å². The van der Waals surface area contributed by atoms with Crippen molar-refractivity contribution in [3.63, 3.8) is 0 Å². The molecule has 1 aromatic rings. The van der Waals surface area contributed by atoms with Crippen molar-refractivity contribution in [3.05, 3.63) is 33.8 Å². The summed E-state index contributed by atoms with van der Waals surface area (Å²) in [5.41, 5.74) is 1.03. The largest absolute Gasteiger partial charge is 0.478 e. The summed E-state index contributed by atoms with van der Waals surface area (Å²) in [5.74, 6) is -0.992. The molecule has 0 fully saturated rings. The summed E-state index contributed by atoms with van der Waals surface area (Å²) >= 11 is 3.29. The number of carboxylic acids is 1. The zero-order valence-corrected chi connectivity index (χ0v) is 11.0. The standard InChI is InChI=1S/C12H10BrN3O2/c13-11-7-9(12(17)18)1-2-10(11)8-16(5-3-14)6-4-15/h1-2,7H,5-6,8H2,(H,17,18). The van der Waals surface area contributed by atoms with Gasteiger partial charge in [-0.05, 0) is 17.7 Å². The van der Waals surface area contributed by atoms with E-state index in [1.54, 1.807) is 11.0 Å². The van der Waals surface area contributed by atoms with E-state index < -0.39 is 5.97 Å². The third-order valence-electron chi connectivity index (χ3n) is 2.28. The van der Waals surface area contributed by atoms with E-state index in [9.17, 15) is 4.79 Å². The average Bonchev–Trinajstić information content (AvgIpc) is 2.32. The second-order valence-corrected chi connectivity index (χ2v) is 4.43. The summed E-state index contributed by atoms with van der Waals surface area (Å²) in [5, 5.41) is 26.1. The molecule has 0 aliphatic rings. The molecule has 0 spiro atoms. The number of benzene rings is 1. The predicted molar refractivity (Wildman–Crippen MR) is 67.6 cm³/mol. The lowest BCUT2D eigenvalue weighted by molar-refractivity contribution is 0.0697. The van der Waals surface area contributed by atoms with Crippen molar-refractivity contribution in [1.29, 1.82) is 10.5 Å². The van der Waals surface area contributed by atoms with E-state index in [-0.39, 0.29) is 18.7 Å². The summed E-state index contributed by atoms with van der Waals surface area (Å²) in [6.45, 7) is 0.725. The monoisotopic (exact) mass is 307 g/mol. The van der Waals surface area contributed by atoms with Crippen LogP contribution in [0.3, 0.4) is 0 Å². The Morgan fingerprint density at radius 3 is 2.39 bits per heavy atom. The number of halogens is 1. The smallest absolute Gasteiger partial charge is 0.335 e. The number of aromatic carboxylic acids is 1. The third-order valence-corrected chi connectivity index (χ3v) is 3.02. The second-order valence-electron chi connectivity index (χ2n) is 3.57. The van der Waals surface area contributed by atoms with Crippen molar-refractivity contribution < 1.29 is 9.90 Å². The summed E-state index contributed by atoms with van der Waals surface area (Å²) < 4.78 is 0.656. The van der Waals surface area contributed by atoms with Crippen molar-refractivity contribution in [2.45, 2.75) is 6.54 Å². The van der Waals surface area contributed by atoms with Crippen LogP contribution >= 0.6 is 15.9 Å². The van der Waals surface area contributed by atoms with Crippen molar-refractivity contribution in [3.8, 4) is 12.1 Å². The lowest BCUT2D eigenvalue weighted by Crippen LogP contribution is -2.24. The van der Waals surface area contributed by atoms with Crippen LogP contribution in [0.5, 0.6) is 0 Å². The highest BCUT2D eigenvalue weighted by atomic mass is 79.9. The van der Waals surface area contributed by atoms with Gasteiger partial charge in [-0.3, -0.25) is 4.90 Å². The summed E-state index contributed by atoms with van der Waals surface area (Å²) in [6.07, 6.45) is 0. The van der Waals surface area contributed by atoms with E-state index in [2.05, 4.69) is 15.9 Å². The highest BCUT2D eigenvalue weighted by Crippen LogP contribution is 2.20. The third kappa shape index (κ3) is 3.85. The van der Waals surface area contributed by atoms with E-state index in [4.69, 9.17) is 15.6 Å². The maximum Gasteiger partial charge on any atom is 0.335 e. The van der Waals surface area contributed by atoms with Crippen LogP contribution in [-0.4, -0.2) is 29.1 Å². The molecule has 0 radical (unpaired) electrons. The highest BCUT2D eigenvalue weighted by molar-refractivity contribution is 9.10. The Balaban J connectivity index is 2.87. The first-order chi connectivity index (χ1) is 8.58. The quantitative estimate of drug-likeness (QED) is 0.840. The summed E-state index contributed by atoms with van der Waals surface area (Å²) in [7, 11) is 0. The molecule has 5 nitrogen and oxygen atoms in total. The molecule has 0 bridgehead atoms. The van der Waals surface area contributed by atoms with Gasteiger partial charge < -0.3 is 5.11 Å². The Bertz CT molecular complexity index is 515. The first kappa shape index (κ1) is 14.2. The molecule has 0 aliphatic carbocycles. The van der Waals surface area contributed by atoms with Crippen LogP contribution in [0.2, 0.25) is 0 Å². The van der Waals surface area contributed by atoms with Gasteiger partial charge in [0.25, 0.3) is 0 Å². The predicted octanol–water partition coefficient (Wildman–Crippen LogP) is 2.00. The fraction of sp³-hybridized carbons (Fsp3) is 0.250. The molecular formula is C12H10BrN3O2. The number of hydrogen-bond donors (Lipinski definition) is 1. The molecule has 6 heteroatoms. The minimum atomic E-state index is -0.992. The molecule has 0 unspecified atom stereocenters. The molecule has 0 atom stereocenters. The van der Waals surface area contributed by atoms with Gasteiger partial charge in [0, 0.05) is 11.0 Å². The zero-order chi connectivity index (χ0) is 13.5. The van der Waals surface area contributed by atoms with Crippen molar-refractivity contribution in [1.82, 2.24) is 4.90 Å². The van der Waals surface area contributed by atoms with Gasteiger partial charge >= 0.3 is 5.97 Å². The molecule has 0 saturated heterocycles. The SMILES string of the molecule is N#CCN(CC#N)Cc1ccc(C(=O)O)cc1Br. The van der Waals surface area contributed by atoms with Crippen LogP contribution in [0.15, 0.2) is 22.7 Å². The number of hydrogen-bond acceptors (Lipinski definition) is 4. The number of nitrogens with zero attached hydrogens (tertiary/aromatic N) is 3. The summed E-state index contributed by atoms with van der Waals surface area (Å²) in [4.78, 5) is 12.4. The minimum Gasteiger partial charge on any atom is -0.478 e. The minimum absolute atomic E-state index is 0.153. The van der Waals surface area contributed by atoms with Gasteiger partial charge in [0.1, 0.15) is 0 Å². The lowest BCUT2D eigenvalue weighted by atomic mass is 10.1. The first-order valence-electron chi connectivity index (χ1n) is 5.06. The molecule has 0 aromatic heterocycles. The topological polar surface area (TPSA) is 88.1 Å². The molecule has 1 N–H and O–H groups in total. The van der Waals surface area contributed by atoms with Crippen molar-refractivity contribution in [2.24, 2.45) is 0 Å². The molecule has 0 amide bonds. The molecule has 18 heavy (non-hydrogen) atoms. The van der Waals surface area contributed by atoms with E-state index in [0.29, 0.717) is 11.0 Å². The molecule has 0 aliphatic heterocycles. The van der Waals surface area contributed by atoms with Gasteiger partial charge in [0.2, 0.25) is 0 Å². The molecule has 0 heterocycles. The number of carbonyl (C=O) groups is 1. The Morgan fingerprint density at radius 1 is 1.33 bits per heavy atom. The highest BCUT2D eigenvalue weighted by Gasteiger charge is 2.10. The maximum atomic E-state index is 10.8. The van der Waals surface area contributed by atoms with Gasteiger partial charge in [0.15, 0.2) is 0 Å². The Hall–Kier alpha value is -1.89. The molecule has 1 rings (SSSR count). The second kappa shape index (κ2) is 6.75. The zero-order valence-electron chi connectivity index (χ0n) is 9.43. The van der Waals surface area contributed by atoms with E-state index >= 15 is 0 Å². The van der Waals surface area contributed by atoms with E-state index in [1.807, 2.05) is 12.1 Å². The van der Waals surface area contributed by atoms with Gasteiger partial charge in [-0.15, -0.1) is 0 Å². The van der Waals surface area contributed by atoms with Crippen LogP contribution < -0.4 is 0 Å². The fourth-order valence-corrected chi connectivity index (χ4v) is 1.92. The maximum absolute atomic E-state index is 10.8. The van der Waals surface area contributed by atoms with E-state index in [1.165, 1.54) is 12.1 Å².